The summed E-state index contributed by atoms with van der Waals surface area (Å²) in [6, 6.07) is 2.97. The molecule has 0 bridgehead atoms. The minimum atomic E-state index is -3.90. The molecule has 0 aliphatic carbocycles. The standard InChI is InChI=1S/C10H14FNO4S2/c1-2-17(13,14)5-6-18(15,16)10-7-8(11)3-4-9(10)12/h3-4,7H,2,5-6,12H2,1H3. The predicted octanol–water partition coefficient (Wildman–Crippen LogP) is 0.616. The summed E-state index contributed by atoms with van der Waals surface area (Å²) < 4.78 is 59.2. The molecule has 0 unspecified atom stereocenters. The Morgan fingerprint density at radius 1 is 1.17 bits per heavy atom. The maximum Gasteiger partial charge on any atom is 0.181 e. The number of hydrogen-bond donors (Lipinski definition) is 1. The number of benzene rings is 1. The predicted molar refractivity (Wildman–Crippen MR) is 67.2 cm³/mol. The molecule has 0 heterocycles. The van der Waals surface area contributed by atoms with Crippen molar-refractivity contribution in [3.05, 3.63) is 24.0 Å². The molecular formula is C10H14FNO4S2. The van der Waals surface area contributed by atoms with Gasteiger partial charge in [0.1, 0.15) is 5.82 Å². The van der Waals surface area contributed by atoms with Gasteiger partial charge >= 0.3 is 0 Å². The number of nitrogens with two attached hydrogens (primary N) is 1. The van der Waals surface area contributed by atoms with Gasteiger partial charge in [0.2, 0.25) is 0 Å². The molecular weight excluding hydrogens is 281 g/mol. The minimum absolute atomic E-state index is 0.0923. The number of sulfone groups is 2. The molecule has 0 amide bonds. The summed E-state index contributed by atoms with van der Waals surface area (Å²) >= 11 is 0. The third-order valence-corrected chi connectivity index (χ3v) is 6.14. The molecule has 0 aromatic heterocycles. The number of rotatable bonds is 5. The van der Waals surface area contributed by atoms with Crippen molar-refractivity contribution in [2.24, 2.45) is 0 Å². The smallest absolute Gasteiger partial charge is 0.181 e. The summed E-state index contributed by atoms with van der Waals surface area (Å²) in [4.78, 5) is -0.367. The average molecular weight is 295 g/mol. The zero-order valence-corrected chi connectivity index (χ0v) is 11.4. The van der Waals surface area contributed by atoms with Crippen molar-refractivity contribution in [2.75, 3.05) is 23.0 Å². The average Bonchev–Trinajstić information content (AvgIpc) is 2.30. The maximum atomic E-state index is 13.0. The molecule has 1 rings (SSSR count). The van der Waals surface area contributed by atoms with Gasteiger partial charge in [-0.15, -0.1) is 0 Å². The van der Waals surface area contributed by atoms with E-state index < -0.39 is 37.0 Å². The second-order valence-corrected chi connectivity index (χ2v) is 8.29. The van der Waals surface area contributed by atoms with Crippen molar-refractivity contribution in [3.63, 3.8) is 0 Å². The summed E-state index contributed by atoms with van der Waals surface area (Å²) in [6.45, 7) is 1.43. The van der Waals surface area contributed by atoms with E-state index in [4.69, 9.17) is 5.73 Å². The summed E-state index contributed by atoms with van der Waals surface area (Å²) in [5.41, 5.74) is 5.36. The zero-order chi connectivity index (χ0) is 14.0. The van der Waals surface area contributed by atoms with Crippen LogP contribution in [0.25, 0.3) is 0 Å². The summed E-state index contributed by atoms with van der Waals surface area (Å²) in [7, 11) is -7.30. The van der Waals surface area contributed by atoms with Crippen molar-refractivity contribution in [3.8, 4) is 0 Å². The van der Waals surface area contributed by atoms with E-state index in [9.17, 15) is 21.2 Å². The maximum absolute atomic E-state index is 13.0. The van der Waals surface area contributed by atoms with E-state index in [1.54, 1.807) is 0 Å². The molecule has 0 spiro atoms. The van der Waals surface area contributed by atoms with Crippen LogP contribution < -0.4 is 5.73 Å². The fourth-order valence-corrected chi connectivity index (χ4v) is 4.39. The number of nitrogen functional groups attached to an aromatic ring is 1. The Hall–Kier alpha value is -1.15. The molecule has 0 saturated heterocycles. The molecule has 0 atom stereocenters. The van der Waals surface area contributed by atoms with Crippen LogP contribution in [0.15, 0.2) is 23.1 Å². The first-order chi connectivity index (χ1) is 8.18. The van der Waals surface area contributed by atoms with E-state index in [-0.39, 0.29) is 16.3 Å². The molecule has 0 aliphatic rings. The van der Waals surface area contributed by atoms with Crippen molar-refractivity contribution < 1.29 is 21.2 Å². The summed E-state index contributed by atoms with van der Waals surface area (Å²) in [5, 5.41) is 0. The van der Waals surface area contributed by atoms with E-state index in [1.807, 2.05) is 0 Å². The largest absolute Gasteiger partial charge is 0.398 e. The quantitative estimate of drug-likeness (QED) is 0.803. The molecule has 0 saturated carbocycles. The third kappa shape index (κ3) is 3.67. The first-order valence-corrected chi connectivity index (χ1v) is 8.63. The zero-order valence-electron chi connectivity index (χ0n) is 9.76. The fourth-order valence-electron chi connectivity index (χ4n) is 1.27. The normalized spacial score (nSPS) is 12.6. The van der Waals surface area contributed by atoms with E-state index >= 15 is 0 Å². The van der Waals surface area contributed by atoms with Crippen LogP contribution >= 0.6 is 0 Å². The van der Waals surface area contributed by atoms with E-state index in [2.05, 4.69) is 0 Å². The Morgan fingerprint density at radius 3 is 2.33 bits per heavy atom. The highest BCUT2D eigenvalue weighted by Crippen LogP contribution is 2.20. The van der Waals surface area contributed by atoms with Crippen LogP contribution in [0.2, 0.25) is 0 Å². The summed E-state index contributed by atoms with van der Waals surface area (Å²) in [5.74, 6) is -1.97. The van der Waals surface area contributed by atoms with E-state index in [0.29, 0.717) is 0 Å². The van der Waals surface area contributed by atoms with Gasteiger partial charge in [-0.2, -0.15) is 0 Å². The fraction of sp³-hybridized carbons (Fsp3) is 0.400. The second-order valence-electron chi connectivity index (χ2n) is 3.74. The highest BCUT2D eigenvalue weighted by Gasteiger charge is 2.21. The Labute approximate surface area is 106 Å². The lowest BCUT2D eigenvalue weighted by molar-refractivity contribution is 0.586. The van der Waals surface area contributed by atoms with Crippen LogP contribution in [0.3, 0.4) is 0 Å². The first-order valence-electron chi connectivity index (χ1n) is 5.16. The second kappa shape index (κ2) is 5.23. The van der Waals surface area contributed by atoms with Gasteiger partial charge in [0.25, 0.3) is 0 Å². The number of hydrogen-bond acceptors (Lipinski definition) is 5. The molecule has 0 aliphatic heterocycles. The van der Waals surface area contributed by atoms with Gasteiger partial charge in [-0.05, 0) is 18.2 Å². The van der Waals surface area contributed by atoms with Gasteiger partial charge in [-0.3, -0.25) is 0 Å². The highest BCUT2D eigenvalue weighted by atomic mass is 32.2. The molecule has 5 nitrogen and oxygen atoms in total. The Balaban J connectivity index is 3.04. The molecule has 102 valence electrons. The van der Waals surface area contributed by atoms with Crippen LogP contribution in [0.4, 0.5) is 10.1 Å². The molecule has 18 heavy (non-hydrogen) atoms. The van der Waals surface area contributed by atoms with Gasteiger partial charge in [0.15, 0.2) is 19.7 Å². The molecule has 0 radical (unpaired) electrons. The Morgan fingerprint density at radius 2 is 1.78 bits per heavy atom. The first kappa shape index (κ1) is 14.9. The molecule has 0 fully saturated rings. The van der Waals surface area contributed by atoms with Crippen LogP contribution in [0.1, 0.15) is 6.92 Å². The lowest BCUT2D eigenvalue weighted by atomic mass is 10.3. The molecule has 2 N–H and O–H groups in total. The highest BCUT2D eigenvalue weighted by molar-refractivity contribution is 7.95. The Kier molecular flexibility index (Phi) is 4.33. The lowest BCUT2D eigenvalue weighted by Crippen LogP contribution is -2.19. The van der Waals surface area contributed by atoms with Crippen molar-refractivity contribution in [2.45, 2.75) is 11.8 Å². The van der Waals surface area contributed by atoms with Crippen molar-refractivity contribution >= 4 is 25.4 Å². The third-order valence-electron chi connectivity index (χ3n) is 2.41. The topological polar surface area (TPSA) is 94.3 Å². The van der Waals surface area contributed by atoms with E-state index in [0.717, 1.165) is 18.2 Å². The van der Waals surface area contributed by atoms with Gasteiger partial charge in [0, 0.05) is 5.75 Å². The van der Waals surface area contributed by atoms with Gasteiger partial charge in [0.05, 0.1) is 22.1 Å². The van der Waals surface area contributed by atoms with Crippen LogP contribution in [-0.2, 0) is 19.7 Å². The van der Waals surface area contributed by atoms with Gasteiger partial charge in [-0.1, -0.05) is 6.92 Å². The molecule has 8 heteroatoms. The van der Waals surface area contributed by atoms with Crippen molar-refractivity contribution in [1.82, 2.24) is 0 Å². The SMILES string of the molecule is CCS(=O)(=O)CCS(=O)(=O)c1cc(F)ccc1N. The molecule has 1 aromatic carbocycles. The minimum Gasteiger partial charge on any atom is -0.398 e. The van der Waals surface area contributed by atoms with Crippen LogP contribution in [0, 0.1) is 5.82 Å². The van der Waals surface area contributed by atoms with Gasteiger partial charge < -0.3 is 5.73 Å². The van der Waals surface area contributed by atoms with Crippen LogP contribution in [-0.4, -0.2) is 34.1 Å². The van der Waals surface area contributed by atoms with Crippen molar-refractivity contribution in [1.29, 1.82) is 0 Å². The van der Waals surface area contributed by atoms with Gasteiger partial charge in [-0.25, -0.2) is 21.2 Å². The summed E-state index contributed by atoms with van der Waals surface area (Å²) in [6.07, 6.45) is 0. The number of halogens is 1. The Bertz CT molecular complexity index is 638. The van der Waals surface area contributed by atoms with Crippen LogP contribution in [0.5, 0.6) is 0 Å². The van der Waals surface area contributed by atoms with E-state index in [1.165, 1.54) is 6.92 Å². The lowest BCUT2D eigenvalue weighted by Gasteiger charge is -2.07. The number of anilines is 1. The monoisotopic (exact) mass is 295 g/mol. The molecule has 1 aromatic rings.